The Morgan fingerprint density at radius 1 is 1.29 bits per heavy atom. The van der Waals surface area contributed by atoms with E-state index in [0.29, 0.717) is 6.04 Å². The quantitative estimate of drug-likeness (QED) is 0.712. The highest BCUT2D eigenvalue weighted by molar-refractivity contribution is 4.78. The normalized spacial score (nSPS) is 30.2. The lowest BCUT2D eigenvalue weighted by molar-refractivity contribution is 0.212. The van der Waals surface area contributed by atoms with Crippen molar-refractivity contribution >= 4 is 0 Å². The summed E-state index contributed by atoms with van der Waals surface area (Å²) in [4.78, 5) is 0. The Labute approximate surface area is 88.1 Å². The molecule has 1 aliphatic carbocycles. The Morgan fingerprint density at radius 3 is 2.43 bits per heavy atom. The van der Waals surface area contributed by atoms with Gasteiger partial charge in [0.1, 0.15) is 0 Å². The maximum Gasteiger partial charge on any atom is 0.0582 e. The molecule has 14 heavy (non-hydrogen) atoms. The second-order valence-electron chi connectivity index (χ2n) is 4.76. The van der Waals surface area contributed by atoms with Crippen molar-refractivity contribution < 1.29 is 5.11 Å². The van der Waals surface area contributed by atoms with Crippen LogP contribution in [0.4, 0.5) is 0 Å². The Kier molecular flexibility index (Phi) is 5.49. The zero-order valence-corrected chi connectivity index (χ0v) is 9.63. The number of hydrogen-bond donors (Lipinski definition) is 2. The van der Waals surface area contributed by atoms with Crippen LogP contribution in [0, 0.1) is 5.92 Å². The molecule has 2 heteroatoms. The fourth-order valence-corrected chi connectivity index (χ4v) is 2.48. The highest BCUT2D eigenvalue weighted by atomic mass is 16.3. The number of aliphatic hydroxyl groups excluding tert-OH is 1. The second kappa shape index (κ2) is 6.41. The maximum absolute atomic E-state index is 8.94. The molecule has 0 unspecified atom stereocenters. The average molecular weight is 199 g/mol. The molecule has 2 nitrogen and oxygen atoms in total. The summed E-state index contributed by atoms with van der Waals surface area (Å²) >= 11 is 0. The molecule has 1 saturated carbocycles. The van der Waals surface area contributed by atoms with E-state index >= 15 is 0 Å². The van der Waals surface area contributed by atoms with Crippen LogP contribution >= 0.6 is 0 Å². The van der Waals surface area contributed by atoms with Gasteiger partial charge in [-0.15, -0.1) is 0 Å². The van der Waals surface area contributed by atoms with Crippen molar-refractivity contribution in [2.75, 3.05) is 6.61 Å². The van der Waals surface area contributed by atoms with Crippen LogP contribution in [0.2, 0.25) is 0 Å². The van der Waals surface area contributed by atoms with Gasteiger partial charge in [0, 0.05) is 12.1 Å². The molecular formula is C12H25NO. The molecule has 0 bridgehead atoms. The zero-order chi connectivity index (χ0) is 10.4. The van der Waals surface area contributed by atoms with Crippen LogP contribution in [0.1, 0.15) is 52.4 Å². The SMILES string of the molecule is CCCC1CCC(N[C@H](C)CO)CC1. The predicted molar refractivity (Wildman–Crippen MR) is 60.3 cm³/mol. The topological polar surface area (TPSA) is 32.3 Å². The van der Waals surface area contributed by atoms with E-state index in [-0.39, 0.29) is 12.6 Å². The Hall–Kier alpha value is -0.0800. The lowest BCUT2D eigenvalue weighted by Crippen LogP contribution is -2.40. The van der Waals surface area contributed by atoms with Crippen molar-refractivity contribution in [1.29, 1.82) is 0 Å². The molecule has 2 N–H and O–H groups in total. The molecule has 1 rings (SSSR count). The van der Waals surface area contributed by atoms with Crippen LogP contribution in [-0.4, -0.2) is 23.8 Å². The fourth-order valence-electron chi connectivity index (χ4n) is 2.48. The van der Waals surface area contributed by atoms with Crippen molar-refractivity contribution in [3.63, 3.8) is 0 Å². The van der Waals surface area contributed by atoms with Crippen molar-refractivity contribution in [1.82, 2.24) is 5.32 Å². The largest absolute Gasteiger partial charge is 0.395 e. The van der Waals surface area contributed by atoms with Crippen LogP contribution < -0.4 is 5.32 Å². The second-order valence-corrected chi connectivity index (χ2v) is 4.76. The number of aliphatic hydroxyl groups is 1. The van der Waals surface area contributed by atoms with E-state index in [1.165, 1.54) is 38.5 Å². The fraction of sp³-hybridized carbons (Fsp3) is 1.00. The Morgan fingerprint density at radius 2 is 1.93 bits per heavy atom. The van der Waals surface area contributed by atoms with E-state index < -0.39 is 0 Å². The third kappa shape index (κ3) is 3.97. The van der Waals surface area contributed by atoms with Crippen LogP contribution in [0.3, 0.4) is 0 Å². The lowest BCUT2D eigenvalue weighted by Gasteiger charge is -2.30. The first-order valence-electron chi connectivity index (χ1n) is 6.13. The molecule has 0 aliphatic heterocycles. The van der Waals surface area contributed by atoms with Crippen molar-refractivity contribution in [2.24, 2.45) is 5.92 Å². The van der Waals surface area contributed by atoms with Gasteiger partial charge in [0.2, 0.25) is 0 Å². The first-order chi connectivity index (χ1) is 6.76. The molecule has 0 aromatic heterocycles. The Balaban J connectivity index is 2.15. The standard InChI is InChI=1S/C12H25NO/c1-3-4-11-5-7-12(8-6-11)13-10(2)9-14/h10-14H,3-9H2,1-2H3/t10-,11?,12?/m1/s1. The molecule has 1 fully saturated rings. The monoisotopic (exact) mass is 199 g/mol. The van der Waals surface area contributed by atoms with Gasteiger partial charge in [-0.2, -0.15) is 0 Å². The highest BCUT2D eigenvalue weighted by Crippen LogP contribution is 2.27. The summed E-state index contributed by atoms with van der Waals surface area (Å²) < 4.78 is 0. The van der Waals surface area contributed by atoms with Crippen LogP contribution in [-0.2, 0) is 0 Å². The number of hydrogen-bond acceptors (Lipinski definition) is 2. The van der Waals surface area contributed by atoms with E-state index in [1.807, 2.05) is 0 Å². The lowest BCUT2D eigenvalue weighted by atomic mass is 9.83. The van der Waals surface area contributed by atoms with E-state index in [1.54, 1.807) is 0 Å². The maximum atomic E-state index is 8.94. The summed E-state index contributed by atoms with van der Waals surface area (Å²) in [7, 11) is 0. The van der Waals surface area contributed by atoms with Crippen LogP contribution in [0.25, 0.3) is 0 Å². The summed E-state index contributed by atoms with van der Waals surface area (Å²) in [5.74, 6) is 0.975. The van der Waals surface area contributed by atoms with Gasteiger partial charge < -0.3 is 10.4 Å². The molecule has 0 radical (unpaired) electrons. The van der Waals surface area contributed by atoms with Gasteiger partial charge >= 0.3 is 0 Å². The first kappa shape index (κ1) is 12.0. The van der Waals surface area contributed by atoms with Gasteiger partial charge in [0.15, 0.2) is 0 Å². The smallest absolute Gasteiger partial charge is 0.0582 e. The van der Waals surface area contributed by atoms with Gasteiger partial charge in [-0.3, -0.25) is 0 Å². The third-order valence-electron chi connectivity index (χ3n) is 3.34. The summed E-state index contributed by atoms with van der Waals surface area (Å²) in [6.07, 6.45) is 8.09. The minimum atomic E-state index is 0.259. The molecule has 84 valence electrons. The van der Waals surface area contributed by atoms with Crippen LogP contribution in [0.15, 0.2) is 0 Å². The number of rotatable bonds is 5. The summed E-state index contributed by atoms with van der Waals surface area (Å²) in [6, 6.07) is 0.924. The molecular weight excluding hydrogens is 174 g/mol. The molecule has 0 aromatic rings. The zero-order valence-electron chi connectivity index (χ0n) is 9.63. The third-order valence-corrected chi connectivity index (χ3v) is 3.34. The van der Waals surface area contributed by atoms with Crippen LogP contribution in [0.5, 0.6) is 0 Å². The van der Waals surface area contributed by atoms with Gasteiger partial charge in [0.25, 0.3) is 0 Å². The minimum Gasteiger partial charge on any atom is -0.395 e. The van der Waals surface area contributed by atoms with Crippen molar-refractivity contribution in [2.45, 2.75) is 64.5 Å². The van der Waals surface area contributed by atoms with E-state index in [4.69, 9.17) is 5.11 Å². The van der Waals surface area contributed by atoms with Gasteiger partial charge in [0.05, 0.1) is 6.61 Å². The average Bonchev–Trinajstić information content (AvgIpc) is 2.21. The first-order valence-corrected chi connectivity index (χ1v) is 6.13. The molecule has 0 spiro atoms. The molecule has 0 amide bonds. The molecule has 0 heterocycles. The van der Waals surface area contributed by atoms with Crippen molar-refractivity contribution in [3.05, 3.63) is 0 Å². The molecule has 1 atom stereocenters. The summed E-state index contributed by atoms with van der Waals surface area (Å²) in [6.45, 7) is 4.59. The molecule has 0 saturated heterocycles. The summed E-state index contributed by atoms with van der Waals surface area (Å²) in [5.41, 5.74) is 0. The van der Waals surface area contributed by atoms with E-state index in [0.717, 1.165) is 5.92 Å². The highest BCUT2D eigenvalue weighted by Gasteiger charge is 2.20. The van der Waals surface area contributed by atoms with Crippen molar-refractivity contribution in [3.8, 4) is 0 Å². The Bertz CT molecular complexity index is 141. The van der Waals surface area contributed by atoms with Gasteiger partial charge in [-0.05, 0) is 38.5 Å². The molecule has 1 aliphatic rings. The van der Waals surface area contributed by atoms with Gasteiger partial charge in [-0.25, -0.2) is 0 Å². The minimum absolute atomic E-state index is 0.259. The summed E-state index contributed by atoms with van der Waals surface area (Å²) in [5, 5.41) is 12.4. The van der Waals surface area contributed by atoms with E-state index in [2.05, 4.69) is 19.2 Å². The predicted octanol–water partition coefficient (Wildman–Crippen LogP) is 2.32. The number of nitrogens with one attached hydrogen (secondary N) is 1. The van der Waals surface area contributed by atoms with E-state index in [9.17, 15) is 0 Å². The molecule has 0 aromatic carbocycles. The van der Waals surface area contributed by atoms with Gasteiger partial charge in [-0.1, -0.05) is 19.8 Å².